The number of halogens is 3. The number of ether oxygens (including phenoxy) is 1. The Morgan fingerprint density at radius 1 is 1.26 bits per heavy atom. The van der Waals surface area contributed by atoms with Gasteiger partial charge in [0.15, 0.2) is 0 Å². The van der Waals surface area contributed by atoms with Crippen LogP contribution in [0.5, 0.6) is 0 Å². The number of alkyl halides is 3. The Balaban J connectivity index is 1.84. The van der Waals surface area contributed by atoms with Crippen molar-refractivity contribution in [2.75, 3.05) is 11.9 Å². The fourth-order valence-electron chi connectivity index (χ4n) is 1.74. The summed E-state index contributed by atoms with van der Waals surface area (Å²) >= 11 is 0. The predicted molar refractivity (Wildman–Crippen MR) is 77.0 cm³/mol. The van der Waals surface area contributed by atoms with Crippen molar-refractivity contribution in [3.8, 4) is 0 Å². The molecule has 1 aliphatic carbocycles. The molecule has 1 atom stereocenters. The zero-order valence-corrected chi connectivity index (χ0v) is 12.4. The van der Waals surface area contributed by atoms with E-state index in [4.69, 9.17) is 0 Å². The van der Waals surface area contributed by atoms with Crippen LogP contribution in [0.3, 0.4) is 0 Å². The van der Waals surface area contributed by atoms with Gasteiger partial charge in [-0.05, 0) is 44.0 Å². The van der Waals surface area contributed by atoms with E-state index in [2.05, 4.69) is 15.4 Å². The van der Waals surface area contributed by atoms with E-state index in [1.54, 1.807) is 0 Å². The Morgan fingerprint density at radius 2 is 1.87 bits per heavy atom. The summed E-state index contributed by atoms with van der Waals surface area (Å²) < 4.78 is 40.5. The number of carbonyl (C=O) groups excluding carboxylic acids is 2. The third-order valence-corrected chi connectivity index (χ3v) is 3.19. The largest absolute Gasteiger partial charge is 0.411 e. The van der Waals surface area contributed by atoms with Crippen molar-refractivity contribution in [1.82, 2.24) is 5.32 Å². The van der Waals surface area contributed by atoms with E-state index in [9.17, 15) is 22.8 Å². The van der Waals surface area contributed by atoms with Crippen LogP contribution in [0.25, 0.3) is 0 Å². The minimum Gasteiger partial charge on any atom is -0.359 e. The number of hydrogen-bond donors (Lipinski definition) is 2. The van der Waals surface area contributed by atoms with Crippen molar-refractivity contribution in [3.05, 3.63) is 29.8 Å². The maximum absolute atomic E-state index is 12.0. The van der Waals surface area contributed by atoms with Gasteiger partial charge in [-0.25, -0.2) is 0 Å². The number of rotatable bonds is 6. The van der Waals surface area contributed by atoms with E-state index in [0.717, 1.165) is 12.8 Å². The van der Waals surface area contributed by atoms with Crippen LogP contribution in [0.1, 0.15) is 30.1 Å². The highest BCUT2D eigenvalue weighted by Gasteiger charge is 2.30. The molecule has 1 aromatic carbocycles. The standard InChI is InChI=1S/C15H17F3N2O3/c1-9(23-8-15(16,17)18)13(21)19-11-4-2-10(3-5-11)14(22)20-12-6-7-12/h2-5,9,12H,6-8H2,1H3,(H,19,21)(H,20,22)/t9-/m1/s1. The quantitative estimate of drug-likeness (QED) is 0.842. The summed E-state index contributed by atoms with van der Waals surface area (Å²) in [4.78, 5) is 23.5. The van der Waals surface area contributed by atoms with Crippen LogP contribution in [-0.2, 0) is 9.53 Å². The maximum atomic E-state index is 12.0. The van der Waals surface area contributed by atoms with Gasteiger partial charge in [-0.15, -0.1) is 0 Å². The lowest BCUT2D eigenvalue weighted by molar-refractivity contribution is -0.184. The van der Waals surface area contributed by atoms with Crippen molar-refractivity contribution in [3.63, 3.8) is 0 Å². The number of carbonyl (C=O) groups is 2. The molecule has 1 aliphatic rings. The molecule has 1 saturated carbocycles. The fraction of sp³-hybridized carbons (Fsp3) is 0.467. The van der Waals surface area contributed by atoms with Gasteiger partial charge in [-0.1, -0.05) is 0 Å². The van der Waals surface area contributed by atoms with Crippen molar-refractivity contribution in [1.29, 1.82) is 0 Å². The topological polar surface area (TPSA) is 67.4 Å². The monoisotopic (exact) mass is 330 g/mol. The summed E-state index contributed by atoms with van der Waals surface area (Å²) in [5.41, 5.74) is 0.830. The summed E-state index contributed by atoms with van der Waals surface area (Å²) in [5.74, 6) is -0.878. The minimum atomic E-state index is -4.48. The van der Waals surface area contributed by atoms with Crippen LogP contribution in [0.2, 0.25) is 0 Å². The molecule has 23 heavy (non-hydrogen) atoms. The average molecular weight is 330 g/mol. The highest BCUT2D eigenvalue weighted by molar-refractivity contribution is 5.96. The van der Waals surface area contributed by atoms with E-state index in [1.807, 2.05) is 0 Å². The lowest BCUT2D eigenvalue weighted by Crippen LogP contribution is -2.31. The normalized spacial score (nSPS) is 15.8. The molecular formula is C15H17F3N2O3. The molecule has 2 rings (SSSR count). The highest BCUT2D eigenvalue weighted by atomic mass is 19.4. The molecule has 0 radical (unpaired) electrons. The molecule has 0 heterocycles. The zero-order valence-electron chi connectivity index (χ0n) is 12.4. The van der Waals surface area contributed by atoms with Crippen LogP contribution in [-0.4, -0.2) is 36.7 Å². The van der Waals surface area contributed by atoms with Crippen LogP contribution >= 0.6 is 0 Å². The molecule has 0 spiro atoms. The van der Waals surface area contributed by atoms with Crippen molar-refractivity contribution >= 4 is 17.5 Å². The Hall–Kier alpha value is -2.09. The molecule has 0 aliphatic heterocycles. The second-order valence-corrected chi connectivity index (χ2v) is 5.38. The number of amides is 2. The van der Waals surface area contributed by atoms with Crippen molar-refractivity contribution in [2.24, 2.45) is 0 Å². The van der Waals surface area contributed by atoms with Gasteiger partial charge in [0.2, 0.25) is 0 Å². The molecule has 0 saturated heterocycles. The second-order valence-electron chi connectivity index (χ2n) is 5.38. The molecule has 5 nitrogen and oxygen atoms in total. The van der Waals surface area contributed by atoms with Crippen molar-refractivity contribution in [2.45, 2.75) is 38.1 Å². The van der Waals surface area contributed by atoms with Crippen LogP contribution in [0.4, 0.5) is 18.9 Å². The molecule has 0 bridgehead atoms. The van der Waals surface area contributed by atoms with Crippen LogP contribution in [0, 0.1) is 0 Å². The first-order valence-electron chi connectivity index (χ1n) is 7.15. The first-order chi connectivity index (χ1) is 10.7. The molecular weight excluding hydrogens is 313 g/mol. The second kappa shape index (κ2) is 6.99. The Labute approximate surface area is 131 Å². The number of hydrogen-bond acceptors (Lipinski definition) is 3. The van der Waals surface area contributed by atoms with Gasteiger partial charge < -0.3 is 15.4 Å². The molecule has 1 aromatic rings. The average Bonchev–Trinajstić information content (AvgIpc) is 3.28. The van der Waals surface area contributed by atoms with Gasteiger partial charge >= 0.3 is 6.18 Å². The predicted octanol–water partition coefficient (Wildman–Crippen LogP) is 2.48. The SMILES string of the molecule is C[C@@H](OCC(F)(F)F)C(=O)Nc1ccc(C(=O)NC2CC2)cc1. The summed E-state index contributed by atoms with van der Waals surface area (Å²) in [6.45, 7) is -0.250. The molecule has 0 aromatic heterocycles. The molecule has 1 fully saturated rings. The summed E-state index contributed by atoms with van der Waals surface area (Å²) in [6, 6.07) is 6.34. The summed E-state index contributed by atoms with van der Waals surface area (Å²) in [6.07, 6.45) is -3.76. The minimum absolute atomic E-state index is 0.188. The summed E-state index contributed by atoms with van der Waals surface area (Å²) in [5, 5.41) is 5.26. The molecule has 2 N–H and O–H groups in total. The Morgan fingerprint density at radius 3 is 2.39 bits per heavy atom. The third-order valence-electron chi connectivity index (χ3n) is 3.19. The van der Waals surface area contributed by atoms with Gasteiger partial charge in [0.1, 0.15) is 12.7 Å². The number of anilines is 1. The van der Waals surface area contributed by atoms with E-state index in [1.165, 1.54) is 31.2 Å². The smallest absolute Gasteiger partial charge is 0.359 e. The van der Waals surface area contributed by atoms with E-state index in [-0.39, 0.29) is 11.9 Å². The van der Waals surface area contributed by atoms with Crippen LogP contribution in [0.15, 0.2) is 24.3 Å². The first kappa shape index (κ1) is 17.3. The first-order valence-corrected chi connectivity index (χ1v) is 7.15. The van der Waals surface area contributed by atoms with Gasteiger partial charge in [0, 0.05) is 17.3 Å². The molecule has 0 unspecified atom stereocenters. The van der Waals surface area contributed by atoms with E-state index >= 15 is 0 Å². The van der Waals surface area contributed by atoms with E-state index < -0.39 is 24.8 Å². The Bertz CT molecular complexity index is 568. The highest BCUT2D eigenvalue weighted by Crippen LogP contribution is 2.20. The van der Waals surface area contributed by atoms with Gasteiger partial charge in [0.05, 0.1) is 0 Å². The molecule has 8 heteroatoms. The zero-order chi connectivity index (χ0) is 17.0. The molecule has 126 valence electrons. The summed E-state index contributed by atoms with van der Waals surface area (Å²) in [7, 11) is 0. The van der Waals surface area contributed by atoms with E-state index in [0.29, 0.717) is 11.3 Å². The molecule has 2 amide bonds. The fourth-order valence-corrected chi connectivity index (χ4v) is 1.74. The maximum Gasteiger partial charge on any atom is 0.411 e. The lowest BCUT2D eigenvalue weighted by Gasteiger charge is -2.14. The van der Waals surface area contributed by atoms with Crippen molar-refractivity contribution < 1.29 is 27.5 Å². The lowest BCUT2D eigenvalue weighted by atomic mass is 10.2. The number of nitrogens with one attached hydrogen (secondary N) is 2. The van der Waals surface area contributed by atoms with Gasteiger partial charge in [-0.3, -0.25) is 9.59 Å². The van der Waals surface area contributed by atoms with Gasteiger partial charge in [0.25, 0.3) is 11.8 Å². The third kappa shape index (κ3) is 5.90. The Kier molecular flexibility index (Phi) is 5.25. The van der Waals surface area contributed by atoms with Gasteiger partial charge in [-0.2, -0.15) is 13.2 Å². The number of benzene rings is 1. The van der Waals surface area contributed by atoms with Crippen LogP contribution < -0.4 is 10.6 Å².